The normalized spacial score (nSPS) is 21.3. The van der Waals surface area contributed by atoms with Gasteiger partial charge in [0.05, 0.1) is 0 Å². The fourth-order valence-corrected chi connectivity index (χ4v) is 3.51. The standard InChI is InChI=1S/C16H23NOS/c1-16(2)10-8-13(12-16)17-15(18)9-11-19-14-6-4-3-5-7-14/h3-7,13H,8-12H2,1-2H3,(H,17,18). The first-order valence-corrected chi connectivity index (χ1v) is 8.01. The molecule has 1 aliphatic rings. The molecule has 2 rings (SSSR count). The van der Waals surface area contributed by atoms with Gasteiger partial charge in [0.2, 0.25) is 5.91 Å². The van der Waals surface area contributed by atoms with Crippen molar-refractivity contribution in [3.8, 4) is 0 Å². The van der Waals surface area contributed by atoms with Gasteiger partial charge in [-0.2, -0.15) is 0 Å². The summed E-state index contributed by atoms with van der Waals surface area (Å²) in [5.74, 6) is 1.05. The summed E-state index contributed by atoms with van der Waals surface area (Å²) in [6, 6.07) is 10.6. The number of amides is 1. The average Bonchev–Trinajstić information content (AvgIpc) is 2.70. The van der Waals surface area contributed by atoms with Crippen LogP contribution in [0, 0.1) is 5.41 Å². The summed E-state index contributed by atoms with van der Waals surface area (Å²) in [6.45, 7) is 4.56. The number of hydrogen-bond acceptors (Lipinski definition) is 2. The fraction of sp³-hybridized carbons (Fsp3) is 0.562. The Labute approximate surface area is 120 Å². The summed E-state index contributed by atoms with van der Waals surface area (Å²) in [5, 5.41) is 3.17. The van der Waals surface area contributed by atoms with E-state index in [-0.39, 0.29) is 5.91 Å². The van der Waals surface area contributed by atoms with Crippen molar-refractivity contribution in [2.75, 3.05) is 5.75 Å². The lowest BCUT2D eigenvalue weighted by Crippen LogP contribution is -2.33. The number of carbonyl (C=O) groups is 1. The first-order valence-electron chi connectivity index (χ1n) is 7.02. The summed E-state index contributed by atoms with van der Waals surface area (Å²) < 4.78 is 0. The Balaban J connectivity index is 1.65. The van der Waals surface area contributed by atoms with Crippen molar-refractivity contribution in [1.82, 2.24) is 5.32 Å². The largest absolute Gasteiger partial charge is 0.353 e. The topological polar surface area (TPSA) is 29.1 Å². The lowest BCUT2D eigenvalue weighted by molar-refractivity contribution is -0.121. The molecule has 0 heterocycles. The molecule has 1 aromatic carbocycles. The molecular formula is C16H23NOS. The Hall–Kier alpha value is -0.960. The third-order valence-electron chi connectivity index (χ3n) is 3.67. The highest BCUT2D eigenvalue weighted by Crippen LogP contribution is 2.36. The fourth-order valence-electron chi connectivity index (χ4n) is 2.64. The van der Waals surface area contributed by atoms with Gasteiger partial charge < -0.3 is 5.32 Å². The second-order valence-corrected chi connectivity index (χ2v) is 7.25. The van der Waals surface area contributed by atoms with Crippen LogP contribution >= 0.6 is 11.8 Å². The zero-order valence-corrected chi connectivity index (χ0v) is 12.6. The first-order chi connectivity index (χ1) is 9.05. The number of rotatable bonds is 5. The highest BCUT2D eigenvalue weighted by molar-refractivity contribution is 7.99. The predicted octanol–water partition coefficient (Wildman–Crippen LogP) is 3.86. The molecule has 1 aliphatic carbocycles. The van der Waals surface area contributed by atoms with Crippen LogP contribution in [-0.2, 0) is 4.79 Å². The first kappa shape index (κ1) is 14.4. The minimum absolute atomic E-state index is 0.200. The number of hydrogen-bond donors (Lipinski definition) is 1. The quantitative estimate of drug-likeness (QED) is 0.828. The minimum Gasteiger partial charge on any atom is -0.353 e. The highest BCUT2D eigenvalue weighted by Gasteiger charge is 2.31. The van der Waals surface area contributed by atoms with Crippen molar-refractivity contribution >= 4 is 17.7 Å². The monoisotopic (exact) mass is 277 g/mol. The summed E-state index contributed by atoms with van der Waals surface area (Å²) in [7, 11) is 0. The van der Waals surface area contributed by atoms with Gasteiger partial charge in [0.1, 0.15) is 0 Å². The molecule has 3 heteroatoms. The Morgan fingerprint density at radius 1 is 1.37 bits per heavy atom. The molecule has 1 aromatic rings. The second-order valence-electron chi connectivity index (χ2n) is 6.08. The van der Waals surface area contributed by atoms with Crippen molar-refractivity contribution in [2.45, 2.75) is 50.5 Å². The lowest BCUT2D eigenvalue weighted by Gasteiger charge is -2.17. The van der Waals surface area contributed by atoms with Gasteiger partial charge in [-0.25, -0.2) is 0 Å². The van der Waals surface area contributed by atoms with E-state index in [4.69, 9.17) is 0 Å². The molecule has 0 spiro atoms. The van der Waals surface area contributed by atoms with E-state index in [9.17, 15) is 4.79 Å². The summed E-state index contributed by atoms with van der Waals surface area (Å²) in [4.78, 5) is 13.1. The summed E-state index contributed by atoms with van der Waals surface area (Å²) in [5.41, 5.74) is 0.400. The van der Waals surface area contributed by atoms with E-state index in [1.807, 2.05) is 18.2 Å². The Morgan fingerprint density at radius 2 is 2.11 bits per heavy atom. The van der Waals surface area contributed by atoms with Crippen molar-refractivity contribution in [3.63, 3.8) is 0 Å². The van der Waals surface area contributed by atoms with Crippen molar-refractivity contribution < 1.29 is 4.79 Å². The van der Waals surface area contributed by atoms with Gasteiger partial charge in [0.25, 0.3) is 0 Å². The van der Waals surface area contributed by atoms with E-state index in [1.54, 1.807) is 11.8 Å². The average molecular weight is 277 g/mol. The Kier molecular flexibility index (Phi) is 4.92. The van der Waals surface area contributed by atoms with Crippen molar-refractivity contribution in [2.24, 2.45) is 5.41 Å². The molecule has 1 unspecified atom stereocenters. The zero-order chi connectivity index (χ0) is 13.7. The Morgan fingerprint density at radius 3 is 2.74 bits per heavy atom. The van der Waals surface area contributed by atoms with E-state index >= 15 is 0 Å². The van der Waals surface area contributed by atoms with Gasteiger partial charge in [-0.1, -0.05) is 32.0 Å². The molecule has 1 fully saturated rings. The van der Waals surface area contributed by atoms with Crippen LogP contribution in [0.3, 0.4) is 0 Å². The number of benzene rings is 1. The van der Waals surface area contributed by atoms with Crippen molar-refractivity contribution in [3.05, 3.63) is 30.3 Å². The molecule has 19 heavy (non-hydrogen) atoms. The number of thioether (sulfide) groups is 1. The number of carbonyl (C=O) groups excluding carboxylic acids is 1. The maximum atomic E-state index is 11.9. The molecule has 0 radical (unpaired) electrons. The Bertz CT molecular complexity index is 416. The van der Waals surface area contributed by atoms with E-state index in [0.717, 1.165) is 18.6 Å². The van der Waals surface area contributed by atoms with Crippen LogP contribution < -0.4 is 5.32 Å². The van der Waals surface area contributed by atoms with Crippen LogP contribution in [0.1, 0.15) is 39.5 Å². The molecular weight excluding hydrogens is 254 g/mol. The van der Waals surface area contributed by atoms with E-state index in [0.29, 0.717) is 17.9 Å². The molecule has 0 bridgehead atoms. The molecule has 104 valence electrons. The number of nitrogens with one attached hydrogen (secondary N) is 1. The van der Waals surface area contributed by atoms with Crippen LogP contribution in [0.4, 0.5) is 0 Å². The maximum Gasteiger partial charge on any atom is 0.221 e. The second kappa shape index (κ2) is 6.47. The molecule has 0 aromatic heterocycles. The van der Waals surface area contributed by atoms with Gasteiger partial charge in [-0.3, -0.25) is 4.79 Å². The zero-order valence-electron chi connectivity index (χ0n) is 11.8. The molecule has 0 saturated heterocycles. The molecule has 1 amide bonds. The van der Waals surface area contributed by atoms with Crippen LogP contribution in [0.2, 0.25) is 0 Å². The third-order valence-corrected chi connectivity index (χ3v) is 4.69. The van der Waals surface area contributed by atoms with Crippen LogP contribution in [0.25, 0.3) is 0 Å². The third kappa shape index (κ3) is 4.90. The van der Waals surface area contributed by atoms with Gasteiger partial charge in [-0.05, 0) is 36.8 Å². The van der Waals surface area contributed by atoms with Crippen LogP contribution in [0.5, 0.6) is 0 Å². The van der Waals surface area contributed by atoms with Gasteiger partial charge >= 0.3 is 0 Å². The van der Waals surface area contributed by atoms with Gasteiger partial charge in [0.15, 0.2) is 0 Å². The molecule has 1 atom stereocenters. The van der Waals surface area contributed by atoms with E-state index < -0.39 is 0 Å². The van der Waals surface area contributed by atoms with E-state index in [1.165, 1.54) is 11.3 Å². The SMILES string of the molecule is CC1(C)CCC(NC(=O)CCSc2ccccc2)C1. The lowest BCUT2D eigenvalue weighted by atomic mass is 9.92. The molecule has 1 N–H and O–H groups in total. The van der Waals surface area contributed by atoms with Crippen molar-refractivity contribution in [1.29, 1.82) is 0 Å². The van der Waals surface area contributed by atoms with Gasteiger partial charge in [0, 0.05) is 23.1 Å². The molecule has 2 nitrogen and oxygen atoms in total. The minimum atomic E-state index is 0.200. The smallest absolute Gasteiger partial charge is 0.221 e. The van der Waals surface area contributed by atoms with Crippen LogP contribution in [0.15, 0.2) is 35.2 Å². The van der Waals surface area contributed by atoms with E-state index in [2.05, 4.69) is 31.3 Å². The highest BCUT2D eigenvalue weighted by atomic mass is 32.2. The molecule has 1 saturated carbocycles. The van der Waals surface area contributed by atoms with Crippen LogP contribution in [-0.4, -0.2) is 17.7 Å². The van der Waals surface area contributed by atoms with Gasteiger partial charge in [-0.15, -0.1) is 11.8 Å². The summed E-state index contributed by atoms with van der Waals surface area (Å²) in [6.07, 6.45) is 4.07. The molecule has 0 aliphatic heterocycles. The summed E-state index contributed by atoms with van der Waals surface area (Å²) >= 11 is 1.75. The maximum absolute atomic E-state index is 11.9. The predicted molar refractivity (Wildman–Crippen MR) is 81.3 cm³/mol.